The maximum atomic E-state index is 13.2. The van der Waals surface area contributed by atoms with Gasteiger partial charge in [0.15, 0.2) is 0 Å². The largest absolute Gasteiger partial charge is 0.315 e. The first-order valence-electron chi connectivity index (χ1n) is 10.8. The number of amides is 4. The van der Waals surface area contributed by atoms with Crippen LogP contribution in [-0.2, 0) is 16.0 Å². The minimum Gasteiger partial charge on any atom is -0.315 e. The molecule has 0 bridgehead atoms. The molecule has 4 rings (SSSR count). The van der Waals surface area contributed by atoms with Crippen molar-refractivity contribution in [1.29, 1.82) is 0 Å². The van der Waals surface area contributed by atoms with Crippen molar-refractivity contribution in [3.63, 3.8) is 0 Å². The number of carbonyl (C=O) groups excluding carboxylic acids is 4. The Hall–Kier alpha value is -3.68. The highest BCUT2D eigenvalue weighted by atomic mass is 16.2. The summed E-state index contributed by atoms with van der Waals surface area (Å²) in [5, 5.41) is 0. The van der Waals surface area contributed by atoms with Crippen LogP contribution in [0.25, 0.3) is 0 Å². The number of hydrogen-bond acceptors (Lipinski definition) is 4. The number of para-hydroxylation sites is 1. The predicted octanol–water partition coefficient (Wildman–Crippen LogP) is 2.40. The summed E-state index contributed by atoms with van der Waals surface area (Å²) in [6, 6.07) is 14.2. The number of nitrogens with zero attached hydrogens (tertiary/aromatic N) is 2. The van der Waals surface area contributed by atoms with Crippen molar-refractivity contribution < 1.29 is 19.2 Å². The van der Waals surface area contributed by atoms with E-state index in [1.807, 2.05) is 26.0 Å². The fourth-order valence-electron chi connectivity index (χ4n) is 4.41. The smallest absolute Gasteiger partial charge is 0.269 e. The average molecular weight is 434 g/mol. The van der Waals surface area contributed by atoms with E-state index in [1.54, 1.807) is 46.2 Å². The number of hydrogen-bond donors (Lipinski definition) is 2. The molecule has 1 unspecified atom stereocenters. The Kier molecular flexibility index (Phi) is 5.69. The lowest BCUT2D eigenvalue weighted by molar-refractivity contribution is -0.122. The van der Waals surface area contributed by atoms with Gasteiger partial charge < -0.3 is 4.90 Å². The summed E-state index contributed by atoms with van der Waals surface area (Å²) in [7, 11) is 0. The van der Waals surface area contributed by atoms with Gasteiger partial charge in [-0.25, -0.2) is 0 Å². The first-order chi connectivity index (χ1) is 15.3. The molecule has 2 aromatic rings. The fourth-order valence-corrected chi connectivity index (χ4v) is 4.41. The van der Waals surface area contributed by atoms with E-state index in [9.17, 15) is 19.2 Å². The molecule has 1 fully saturated rings. The van der Waals surface area contributed by atoms with Gasteiger partial charge in [0.25, 0.3) is 11.8 Å². The van der Waals surface area contributed by atoms with Crippen molar-refractivity contribution in [3.05, 3.63) is 65.2 Å². The molecule has 166 valence electrons. The fraction of sp³-hybridized carbons (Fsp3) is 0.333. The van der Waals surface area contributed by atoms with E-state index in [-0.39, 0.29) is 24.8 Å². The summed E-state index contributed by atoms with van der Waals surface area (Å²) >= 11 is 0. The number of nitrogens with one attached hydrogen (secondary N) is 2. The summed E-state index contributed by atoms with van der Waals surface area (Å²) in [4.78, 5) is 53.6. The molecule has 0 saturated carbocycles. The van der Waals surface area contributed by atoms with Crippen LogP contribution in [0.1, 0.15) is 59.4 Å². The van der Waals surface area contributed by atoms with Crippen LogP contribution in [-0.4, -0.2) is 40.7 Å². The van der Waals surface area contributed by atoms with Crippen LogP contribution in [0.3, 0.4) is 0 Å². The second kappa shape index (κ2) is 8.45. The molecule has 0 radical (unpaired) electrons. The van der Waals surface area contributed by atoms with E-state index >= 15 is 0 Å². The first kappa shape index (κ1) is 21.5. The lowest BCUT2D eigenvalue weighted by atomic mass is 9.98. The van der Waals surface area contributed by atoms with Crippen molar-refractivity contribution >= 4 is 29.3 Å². The van der Waals surface area contributed by atoms with E-state index in [0.29, 0.717) is 29.7 Å². The number of benzene rings is 2. The highest BCUT2D eigenvalue weighted by Gasteiger charge is 2.52. The SMILES string of the molecule is CCc1ccc(C(=O)NNC(=O)CCN2C(=O)c3ccccc3N3C(=O)CCC23C)cc1. The van der Waals surface area contributed by atoms with Crippen LogP contribution < -0.4 is 15.8 Å². The van der Waals surface area contributed by atoms with Gasteiger partial charge in [0.1, 0.15) is 5.66 Å². The molecule has 2 N–H and O–H groups in total. The van der Waals surface area contributed by atoms with Gasteiger partial charge in [0, 0.05) is 24.9 Å². The zero-order valence-electron chi connectivity index (χ0n) is 18.2. The molecule has 1 saturated heterocycles. The molecule has 0 aliphatic carbocycles. The third-order valence-corrected chi connectivity index (χ3v) is 6.25. The van der Waals surface area contributed by atoms with Gasteiger partial charge in [0.05, 0.1) is 11.3 Å². The molecule has 0 spiro atoms. The van der Waals surface area contributed by atoms with Crippen molar-refractivity contribution in [2.24, 2.45) is 0 Å². The number of aryl methyl sites for hydroxylation is 1. The molecule has 4 amide bonds. The first-order valence-corrected chi connectivity index (χ1v) is 10.8. The lowest BCUT2D eigenvalue weighted by Crippen LogP contribution is -2.62. The van der Waals surface area contributed by atoms with Crippen molar-refractivity contribution in [2.45, 2.75) is 45.2 Å². The van der Waals surface area contributed by atoms with Crippen LogP contribution in [0, 0.1) is 0 Å². The normalized spacial score (nSPS) is 19.4. The van der Waals surface area contributed by atoms with Gasteiger partial charge in [-0.05, 0) is 49.6 Å². The third-order valence-electron chi connectivity index (χ3n) is 6.25. The van der Waals surface area contributed by atoms with Crippen molar-refractivity contribution in [1.82, 2.24) is 15.8 Å². The Morgan fingerprint density at radius 2 is 1.75 bits per heavy atom. The maximum Gasteiger partial charge on any atom is 0.269 e. The quantitative estimate of drug-likeness (QED) is 0.706. The highest BCUT2D eigenvalue weighted by molar-refractivity contribution is 6.10. The summed E-state index contributed by atoms with van der Waals surface area (Å²) in [5.41, 5.74) is 6.63. The minimum atomic E-state index is -0.812. The van der Waals surface area contributed by atoms with Crippen LogP contribution >= 0.6 is 0 Å². The topological polar surface area (TPSA) is 98.8 Å². The summed E-state index contributed by atoms with van der Waals surface area (Å²) in [6.45, 7) is 4.01. The number of rotatable bonds is 5. The van der Waals surface area contributed by atoms with Crippen molar-refractivity contribution in [2.75, 3.05) is 11.4 Å². The number of hydrazine groups is 1. The third kappa shape index (κ3) is 3.72. The van der Waals surface area contributed by atoms with Gasteiger partial charge in [-0.3, -0.25) is 34.9 Å². The van der Waals surface area contributed by atoms with Gasteiger partial charge in [-0.1, -0.05) is 31.2 Å². The monoisotopic (exact) mass is 434 g/mol. The van der Waals surface area contributed by atoms with E-state index in [1.165, 1.54) is 0 Å². The lowest BCUT2D eigenvalue weighted by Gasteiger charge is -2.48. The molecule has 2 aliphatic heterocycles. The van der Waals surface area contributed by atoms with E-state index in [4.69, 9.17) is 0 Å². The van der Waals surface area contributed by atoms with E-state index in [2.05, 4.69) is 10.9 Å². The van der Waals surface area contributed by atoms with Gasteiger partial charge in [-0.2, -0.15) is 0 Å². The molecule has 2 aliphatic rings. The average Bonchev–Trinajstić information content (AvgIpc) is 3.12. The summed E-state index contributed by atoms with van der Waals surface area (Å²) in [6.07, 6.45) is 1.70. The standard InChI is InChI=1S/C24H26N4O4/c1-3-16-8-10-17(11-9-16)22(31)26-25-20(29)13-15-27-23(32)18-6-4-5-7-19(18)28-21(30)12-14-24(27,28)2/h4-11H,3,12-15H2,1-2H3,(H,25,29)(H,26,31). The second-order valence-corrected chi connectivity index (χ2v) is 8.22. The molecule has 2 heterocycles. The number of carbonyl (C=O) groups is 4. The number of anilines is 1. The molecule has 8 heteroatoms. The van der Waals surface area contributed by atoms with Crippen LogP contribution in [0.4, 0.5) is 5.69 Å². The molecule has 1 atom stereocenters. The molecule has 2 aromatic carbocycles. The van der Waals surface area contributed by atoms with Crippen LogP contribution in [0.5, 0.6) is 0 Å². The van der Waals surface area contributed by atoms with Gasteiger partial charge in [0.2, 0.25) is 11.8 Å². The Labute approximate surface area is 186 Å². The molecule has 0 aromatic heterocycles. The Bertz CT molecular complexity index is 1080. The van der Waals surface area contributed by atoms with Crippen LogP contribution in [0.2, 0.25) is 0 Å². The molecule has 8 nitrogen and oxygen atoms in total. The maximum absolute atomic E-state index is 13.2. The van der Waals surface area contributed by atoms with Gasteiger partial charge in [-0.15, -0.1) is 0 Å². The van der Waals surface area contributed by atoms with Crippen LogP contribution in [0.15, 0.2) is 48.5 Å². The predicted molar refractivity (Wildman–Crippen MR) is 119 cm³/mol. The van der Waals surface area contributed by atoms with Crippen molar-refractivity contribution in [3.8, 4) is 0 Å². The zero-order chi connectivity index (χ0) is 22.9. The zero-order valence-corrected chi connectivity index (χ0v) is 18.2. The number of fused-ring (bicyclic) bond motifs is 3. The highest BCUT2D eigenvalue weighted by Crippen LogP contribution is 2.43. The van der Waals surface area contributed by atoms with E-state index in [0.717, 1.165) is 12.0 Å². The summed E-state index contributed by atoms with van der Waals surface area (Å²) < 4.78 is 0. The Morgan fingerprint density at radius 1 is 1.03 bits per heavy atom. The molecular formula is C24H26N4O4. The Balaban J connectivity index is 1.40. The Morgan fingerprint density at radius 3 is 2.47 bits per heavy atom. The molecule has 32 heavy (non-hydrogen) atoms. The minimum absolute atomic E-state index is 0.0133. The molecular weight excluding hydrogens is 408 g/mol. The van der Waals surface area contributed by atoms with E-state index < -0.39 is 17.5 Å². The second-order valence-electron chi connectivity index (χ2n) is 8.22. The van der Waals surface area contributed by atoms with Gasteiger partial charge >= 0.3 is 0 Å². The summed E-state index contributed by atoms with van der Waals surface area (Å²) in [5.74, 6) is -1.08.